The molecule has 3 rings (SSSR count). The van der Waals surface area contributed by atoms with E-state index in [4.69, 9.17) is 21.1 Å². The van der Waals surface area contributed by atoms with Crippen LogP contribution < -0.4 is 9.47 Å². The van der Waals surface area contributed by atoms with Gasteiger partial charge in [0, 0.05) is 12.6 Å². The second-order valence-corrected chi connectivity index (χ2v) is 7.57. The summed E-state index contributed by atoms with van der Waals surface area (Å²) >= 11 is 7.47. The number of nitrogens with zero attached hydrogens (tertiary/aromatic N) is 2. The fraction of sp³-hybridized carbons (Fsp3) is 0.238. The van der Waals surface area contributed by atoms with E-state index in [9.17, 15) is 4.79 Å². The van der Waals surface area contributed by atoms with Crippen LogP contribution in [0.15, 0.2) is 48.5 Å². The van der Waals surface area contributed by atoms with Crippen molar-refractivity contribution in [3.05, 3.63) is 64.1 Å². The van der Waals surface area contributed by atoms with Gasteiger partial charge >= 0.3 is 0 Å². The molecule has 5 nitrogen and oxygen atoms in total. The summed E-state index contributed by atoms with van der Waals surface area (Å²) in [5.41, 5.74) is 1.68. The van der Waals surface area contributed by atoms with E-state index in [1.54, 1.807) is 31.2 Å². The third-order valence-corrected chi connectivity index (χ3v) is 5.70. The monoisotopic (exact) mass is 416 g/mol. The molecule has 28 heavy (non-hydrogen) atoms. The lowest BCUT2D eigenvalue weighted by Crippen LogP contribution is -2.30. The lowest BCUT2D eigenvalue weighted by atomic mass is 10.2. The van der Waals surface area contributed by atoms with Gasteiger partial charge in [0.1, 0.15) is 28.0 Å². The molecular formula is C21H21ClN2O3S. The molecule has 146 valence electrons. The lowest BCUT2D eigenvalue weighted by molar-refractivity contribution is 0.0777. The van der Waals surface area contributed by atoms with Crippen LogP contribution in [-0.4, -0.2) is 43.1 Å². The molecule has 0 saturated heterocycles. The maximum atomic E-state index is 12.8. The van der Waals surface area contributed by atoms with Crippen LogP contribution in [0.4, 0.5) is 0 Å². The number of carbonyl (C=O) groups is 1. The van der Waals surface area contributed by atoms with Crippen molar-refractivity contribution < 1.29 is 14.3 Å². The number of methoxy groups -OCH3 is 1. The number of amides is 1. The van der Waals surface area contributed by atoms with Crippen molar-refractivity contribution in [1.82, 2.24) is 9.88 Å². The van der Waals surface area contributed by atoms with Gasteiger partial charge in [-0.3, -0.25) is 4.79 Å². The van der Waals surface area contributed by atoms with Gasteiger partial charge in [0.25, 0.3) is 5.91 Å². The van der Waals surface area contributed by atoms with Gasteiger partial charge in [-0.25, -0.2) is 4.98 Å². The molecule has 0 aliphatic rings. The minimum absolute atomic E-state index is 0.0717. The van der Waals surface area contributed by atoms with E-state index in [-0.39, 0.29) is 5.91 Å². The van der Waals surface area contributed by atoms with Gasteiger partial charge in [0.15, 0.2) is 0 Å². The molecule has 0 N–H and O–H groups in total. The average molecular weight is 417 g/mol. The number of hydrogen-bond donors (Lipinski definition) is 0. The summed E-state index contributed by atoms with van der Waals surface area (Å²) in [7, 11) is 3.38. The predicted octanol–water partition coefficient (Wildman–Crippen LogP) is 4.93. The first-order chi connectivity index (χ1) is 13.5. The minimum Gasteiger partial charge on any atom is -0.497 e. The summed E-state index contributed by atoms with van der Waals surface area (Å²) in [5.74, 6) is 1.32. The number of para-hydroxylation sites is 1. The average Bonchev–Trinajstić information content (AvgIpc) is 3.10. The van der Waals surface area contributed by atoms with Crippen LogP contribution >= 0.6 is 22.9 Å². The second kappa shape index (κ2) is 9.08. The zero-order valence-electron chi connectivity index (χ0n) is 15.9. The van der Waals surface area contributed by atoms with Crippen molar-refractivity contribution in [2.45, 2.75) is 6.92 Å². The molecule has 3 aromatic rings. The van der Waals surface area contributed by atoms with E-state index in [1.807, 2.05) is 43.3 Å². The van der Waals surface area contributed by atoms with Gasteiger partial charge in [0.2, 0.25) is 0 Å². The Bertz CT molecular complexity index is 957. The van der Waals surface area contributed by atoms with Crippen molar-refractivity contribution in [3.8, 4) is 22.1 Å². The molecule has 0 aliphatic heterocycles. The highest BCUT2D eigenvalue weighted by Crippen LogP contribution is 2.30. The molecule has 0 bridgehead atoms. The molecule has 0 spiro atoms. The normalized spacial score (nSPS) is 10.6. The third-order valence-electron chi connectivity index (χ3n) is 4.20. The number of aromatic nitrogens is 1. The Hall–Kier alpha value is -2.57. The van der Waals surface area contributed by atoms with E-state index in [0.29, 0.717) is 28.8 Å². The van der Waals surface area contributed by atoms with Crippen LogP contribution in [0.5, 0.6) is 11.5 Å². The molecule has 0 unspecified atom stereocenters. The van der Waals surface area contributed by atoms with Gasteiger partial charge in [-0.15, -0.1) is 11.3 Å². The van der Waals surface area contributed by atoms with E-state index in [1.165, 1.54) is 11.3 Å². The SMILES string of the molecule is COc1ccc(-c2nc(C)c(C(=O)N(C)CCOc3ccccc3Cl)s2)cc1. The van der Waals surface area contributed by atoms with E-state index < -0.39 is 0 Å². The first-order valence-electron chi connectivity index (χ1n) is 8.74. The topological polar surface area (TPSA) is 51.7 Å². The molecule has 2 aromatic carbocycles. The number of likely N-dealkylation sites (N-methyl/N-ethyl adjacent to an activating group) is 1. The lowest BCUT2D eigenvalue weighted by Gasteiger charge is -2.17. The summed E-state index contributed by atoms with van der Waals surface area (Å²) in [5, 5.41) is 1.36. The summed E-state index contributed by atoms with van der Waals surface area (Å²) in [6.45, 7) is 2.65. The zero-order valence-corrected chi connectivity index (χ0v) is 17.5. The molecule has 0 atom stereocenters. The molecule has 0 saturated carbocycles. The van der Waals surface area contributed by atoms with Crippen LogP contribution in [0.25, 0.3) is 10.6 Å². The zero-order chi connectivity index (χ0) is 20.1. The number of ether oxygens (including phenoxy) is 2. The molecular weight excluding hydrogens is 396 g/mol. The van der Waals surface area contributed by atoms with Crippen LogP contribution in [0, 0.1) is 6.92 Å². The first-order valence-corrected chi connectivity index (χ1v) is 9.93. The first kappa shape index (κ1) is 20.2. The van der Waals surface area contributed by atoms with Gasteiger partial charge < -0.3 is 14.4 Å². The molecule has 1 aromatic heterocycles. The number of hydrogen-bond acceptors (Lipinski definition) is 5. The second-order valence-electron chi connectivity index (χ2n) is 6.17. The summed E-state index contributed by atoms with van der Waals surface area (Å²) in [6, 6.07) is 14.9. The van der Waals surface area contributed by atoms with Crippen molar-refractivity contribution in [2.24, 2.45) is 0 Å². The van der Waals surface area contributed by atoms with Crippen molar-refractivity contribution >= 4 is 28.8 Å². The summed E-state index contributed by atoms with van der Waals surface area (Å²) < 4.78 is 10.9. The predicted molar refractivity (Wildman–Crippen MR) is 113 cm³/mol. The number of rotatable bonds is 7. The largest absolute Gasteiger partial charge is 0.497 e. The van der Waals surface area contributed by atoms with Crippen molar-refractivity contribution in [1.29, 1.82) is 0 Å². The Labute approximate surface area is 173 Å². The number of aryl methyl sites for hydroxylation is 1. The summed E-state index contributed by atoms with van der Waals surface area (Å²) in [6.07, 6.45) is 0. The highest BCUT2D eigenvalue weighted by atomic mass is 35.5. The Morgan fingerprint density at radius 1 is 1.18 bits per heavy atom. The van der Waals surface area contributed by atoms with Gasteiger partial charge in [-0.2, -0.15) is 0 Å². The Morgan fingerprint density at radius 3 is 2.57 bits per heavy atom. The fourth-order valence-electron chi connectivity index (χ4n) is 2.58. The van der Waals surface area contributed by atoms with Gasteiger partial charge in [0.05, 0.1) is 24.4 Å². The van der Waals surface area contributed by atoms with Crippen molar-refractivity contribution in [2.75, 3.05) is 27.3 Å². The molecule has 1 amide bonds. The molecule has 0 fully saturated rings. The molecule has 7 heteroatoms. The molecule has 1 heterocycles. The van der Waals surface area contributed by atoms with Crippen LogP contribution in [0.3, 0.4) is 0 Å². The maximum Gasteiger partial charge on any atom is 0.265 e. The quantitative estimate of drug-likeness (QED) is 0.547. The van der Waals surface area contributed by atoms with Gasteiger partial charge in [-0.05, 0) is 43.3 Å². The fourth-order valence-corrected chi connectivity index (χ4v) is 3.84. The number of carbonyl (C=O) groups excluding carboxylic acids is 1. The van der Waals surface area contributed by atoms with Gasteiger partial charge in [-0.1, -0.05) is 23.7 Å². The minimum atomic E-state index is -0.0717. The van der Waals surface area contributed by atoms with E-state index >= 15 is 0 Å². The molecule has 0 aliphatic carbocycles. The standard InChI is InChI=1S/C21H21ClN2O3S/c1-14-19(28-20(23-14)15-8-10-16(26-3)11-9-15)21(25)24(2)12-13-27-18-7-5-4-6-17(18)22/h4-11H,12-13H2,1-3H3. The summed E-state index contributed by atoms with van der Waals surface area (Å²) in [4.78, 5) is 19.6. The van der Waals surface area contributed by atoms with Crippen LogP contribution in [0.2, 0.25) is 5.02 Å². The smallest absolute Gasteiger partial charge is 0.265 e. The Kier molecular flexibility index (Phi) is 6.54. The third kappa shape index (κ3) is 4.64. The maximum absolute atomic E-state index is 12.8. The highest BCUT2D eigenvalue weighted by molar-refractivity contribution is 7.17. The number of halogens is 1. The number of thiazole rings is 1. The Balaban J connectivity index is 1.64. The van der Waals surface area contributed by atoms with E-state index in [0.717, 1.165) is 22.0 Å². The van der Waals surface area contributed by atoms with Crippen LogP contribution in [-0.2, 0) is 0 Å². The molecule has 0 radical (unpaired) electrons. The van der Waals surface area contributed by atoms with Crippen molar-refractivity contribution in [3.63, 3.8) is 0 Å². The Morgan fingerprint density at radius 2 is 1.89 bits per heavy atom. The highest BCUT2D eigenvalue weighted by Gasteiger charge is 2.19. The number of benzene rings is 2. The van der Waals surface area contributed by atoms with E-state index in [2.05, 4.69) is 4.98 Å². The van der Waals surface area contributed by atoms with Crippen LogP contribution in [0.1, 0.15) is 15.4 Å².